The topological polar surface area (TPSA) is 111 Å². The molecule has 14 heteroatoms. The van der Waals surface area contributed by atoms with Gasteiger partial charge in [0.15, 0.2) is 5.82 Å². The van der Waals surface area contributed by atoms with E-state index in [0.717, 1.165) is 9.87 Å². The van der Waals surface area contributed by atoms with Crippen LogP contribution in [0.4, 0.5) is 33.3 Å². The Balaban J connectivity index is 1.57. The van der Waals surface area contributed by atoms with Gasteiger partial charge in [0.25, 0.3) is 5.91 Å². The molecule has 1 amide bonds. The Labute approximate surface area is 258 Å². The van der Waals surface area contributed by atoms with Crippen molar-refractivity contribution in [3.8, 4) is 0 Å². The molecule has 244 valence electrons. The normalized spacial score (nSPS) is 16.2. The molecule has 1 heterocycles. The first-order valence-electron chi connectivity index (χ1n) is 14.5. The van der Waals surface area contributed by atoms with Gasteiger partial charge in [0.1, 0.15) is 5.82 Å². The van der Waals surface area contributed by atoms with Crippen molar-refractivity contribution in [2.75, 3.05) is 35.0 Å². The number of nitrogens with one attached hydrogen (secondary N) is 3. The summed E-state index contributed by atoms with van der Waals surface area (Å²) in [7, 11) is -3.79. The van der Waals surface area contributed by atoms with Crippen LogP contribution >= 0.6 is 0 Å². The lowest BCUT2D eigenvalue weighted by Crippen LogP contribution is -2.49. The molecule has 3 aromatic rings. The largest absolute Gasteiger partial charge is 0.419 e. The molecule has 0 saturated carbocycles. The van der Waals surface area contributed by atoms with E-state index in [-0.39, 0.29) is 43.1 Å². The molecule has 0 radical (unpaired) electrons. The molecule has 8 nitrogen and oxygen atoms in total. The van der Waals surface area contributed by atoms with E-state index in [0.29, 0.717) is 37.2 Å². The molecular formula is C31H35F5N4O4S. The molecule has 1 fully saturated rings. The Morgan fingerprint density at radius 3 is 2.42 bits per heavy atom. The van der Waals surface area contributed by atoms with Crippen LogP contribution in [0.25, 0.3) is 0 Å². The minimum absolute atomic E-state index is 0.0649. The molecule has 0 aliphatic carbocycles. The fraction of sp³-hybridized carbons (Fsp3) is 0.387. The quantitative estimate of drug-likeness (QED) is 0.208. The van der Waals surface area contributed by atoms with E-state index in [9.17, 15) is 35.9 Å². The van der Waals surface area contributed by atoms with Gasteiger partial charge in [0.05, 0.1) is 34.7 Å². The van der Waals surface area contributed by atoms with Gasteiger partial charge in [-0.15, -0.1) is 0 Å². The zero-order chi connectivity index (χ0) is 32.8. The lowest BCUT2D eigenvalue weighted by atomic mass is 10.00. The second-order valence-corrected chi connectivity index (χ2v) is 12.8. The SMILES string of the molecule is CCNc1cc(C(=O)N[C@@H](Cc2ccccc2)[C@H](O)CNCc2ccc(F)c(C(F)(F)F)c2)c(F)c(N2CCCCS2(=O)=O)c1. The third kappa shape index (κ3) is 8.70. The minimum Gasteiger partial charge on any atom is -0.390 e. The van der Waals surface area contributed by atoms with Crippen molar-refractivity contribution in [3.05, 3.63) is 94.6 Å². The monoisotopic (exact) mass is 654 g/mol. The number of benzene rings is 3. The van der Waals surface area contributed by atoms with E-state index in [1.54, 1.807) is 37.3 Å². The van der Waals surface area contributed by atoms with Crippen LogP contribution in [-0.2, 0) is 29.2 Å². The Morgan fingerprint density at radius 2 is 1.76 bits per heavy atom. The van der Waals surface area contributed by atoms with Gasteiger partial charge >= 0.3 is 6.18 Å². The van der Waals surface area contributed by atoms with Crippen LogP contribution < -0.4 is 20.3 Å². The van der Waals surface area contributed by atoms with Crippen molar-refractivity contribution in [1.82, 2.24) is 10.6 Å². The highest BCUT2D eigenvalue weighted by molar-refractivity contribution is 7.92. The molecule has 0 spiro atoms. The minimum atomic E-state index is -4.87. The van der Waals surface area contributed by atoms with Crippen LogP contribution in [0.15, 0.2) is 60.7 Å². The maximum Gasteiger partial charge on any atom is 0.419 e. The van der Waals surface area contributed by atoms with E-state index in [4.69, 9.17) is 0 Å². The van der Waals surface area contributed by atoms with Gasteiger partial charge in [-0.3, -0.25) is 9.10 Å². The molecule has 4 rings (SSSR count). The summed E-state index contributed by atoms with van der Waals surface area (Å²) < 4.78 is 95.4. The average molecular weight is 655 g/mol. The van der Waals surface area contributed by atoms with Crippen LogP contribution in [-0.4, -0.2) is 57.0 Å². The van der Waals surface area contributed by atoms with Gasteiger partial charge in [-0.1, -0.05) is 36.4 Å². The number of halogens is 5. The summed E-state index contributed by atoms with van der Waals surface area (Å²) in [6, 6.07) is 13.0. The van der Waals surface area contributed by atoms with Gasteiger partial charge in [-0.2, -0.15) is 13.2 Å². The van der Waals surface area contributed by atoms with E-state index in [1.165, 1.54) is 18.2 Å². The number of anilines is 2. The molecule has 2 atom stereocenters. The Bertz CT molecular complexity index is 1590. The summed E-state index contributed by atoms with van der Waals surface area (Å²) in [5.41, 5.74) is -0.889. The third-order valence-corrected chi connectivity index (χ3v) is 9.25. The summed E-state index contributed by atoms with van der Waals surface area (Å²) in [4.78, 5) is 13.6. The standard InChI is InChI=1S/C31H35F5N4O4S/c1-2-38-22-16-23(29(33)27(17-22)40-12-6-7-13-45(40,43)44)30(42)39-26(15-20-8-4-3-5-9-20)28(41)19-37-18-21-10-11-25(32)24(14-21)31(34,35)36/h3-5,8-11,14,16-17,26,28,37-38,41H,2,6-7,12-13,15,18-19H2,1H3,(H,39,42)/t26-,28+/m0/s1. The number of carbonyl (C=O) groups is 1. The number of carbonyl (C=O) groups excluding carboxylic acids is 1. The number of nitrogens with zero attached hydrogens (tertiary/aromatic N) is 1. The zero-order valence-corrected chi connectivity index (χ0v) is 25.3. The Kier molecular flexibility index (Phi) is 11.0. The summed E-state index contributed by atoms with van der Waals surface area (Å²) in [5.74, 6) is -3.46. The highest BCUT2D eigenvalue weighted by Gasteiger charge is 2.34. The molecule has 1 aliphatic heterocycles. The molecule has 45 heavy (non-hydrogen) atoms. The molecule has 3 aromatic carbocycles. The highest BCUT2D eigenvalue weighted by Crippen LogP contribution is 2.33. The Morgan fingerprint density at radius 1 is 1.02 bits per heavy atom. The molecule has 4 N–H and O–H groups in total. The zero-order valence-electron chi connectivity index (χ0n) is 24.5. The number of rotatable bonds is 12. The summed E-state index contributed by atoms with van der Waals surface area (Å²) in [5, 5.41) is 19.6. The predicted molar refractivity (Wildman–Crippen MR) is 161 cm³/mol. The van der Waals surface area contributed by atoms with Gasteiger partial charge < -0.3 is 21.1 Å². The molecule has 0 unspecified atom stereocenters. The van der Waals surface area contributed by atoms with E-state index in [1.807, 2.05) is 0 Å². The fourth-order valence-electron chi connectivity index (χ4n) is 5.13. The number of hydrogen-bond donors (Lipinski definition) is 4. The maximum absolute atomic E-state index is 15.9. The van der Waals surface area contributed by atoms with Crippen molar-refractivity contribution >= 4 is 27.3 Å². The van der Waals surface area contributed by atoms with Crippen LogP contribution in [0.2, 0.25) is 0 Å². The van der Waals surface area contributed by atoms with Gasteiger partial charge in [0, 0.05) is 31.9 Å². The molecular weight excluding hydrogens is 619 g/mol. The molecule has 0 aromatic heterocycles. The first-order chi connectivity index (χ1) is 21.3. The first kappa shape index (κ1) is 34.1. The van der Waals surface area contributed by atoms with Crippen molar-refractivity contribution in [3.63, 3.8) is 0 Å². The van der Waals surface area contributed by atoms with E-state index in [2.05, 4.69) is 16.0 Å². The van der Waals surface area contributed by atoms with Crippen LogP contribution in [0.3, 0.4) is 0 Å². The van der Waals surface area contributed by atoms with E-state index >= 15 is 4.39 Å². The van der Waals surface area contributed by atoms with Crippen LogP contribution in [0, 0.1) is 11.6 Å². The van der Waals surface area contributed by atoms with Crippen molar-refractivity contribution < 1.29 is 40.3 Å². The number of aliphatic hydroxyl groups is 1. The van der Waals surface area contributed by atoms with Gasteiger partial charge in [-0.25, -0.2) is 17.2 Å². The average Bonchev–Trinajstić information content (AvgIpc) is 2.98. The number of aliphatic hydroxyl groups excluding tert-OH is 1. The summed E-state index contributed by atoms with van der Waals surface area (Å²) in [6.07, 6.45) is -5.08. The third-order valence-electron chi connectivity index (χ3n) is 7.40. The summed E-state index contributed by atoms with van der Waals surface area (Å²) in [6.45, 7) is 1.94. The second-order valence-electron chi connectivity index (χ2n) is 10.8. The van der Waals surface area contributed by atoms with Crippen molar-refractivity contribution in [2.24, 2.45) is 0 Å². The number of alkyl halides is 3. The Hall–Kier alpha value is -3.75. The molecule has 0 bridgehead atoms. The van der Waals surface area contributed by atoms with E-state index < -0.39 is 57.0 Å². The lowest BCUT2D eigenvalue weighted by molar-refractivity contribution is -0.140. The second kappa shape index (κ2) is 14.6. The molecule has 1 aliphatic rings. The highest BCUT2D eigenvalue weighted by atomic mass is 32.2. The smallest absolute Gasteiger partial charge is 0.390 e. The van der Waals surface area contributed by atoms with Gasteiger partial charge in [-0.05, 0) is 61.6 Å². The number of amides is 1. The predicted octanol–water partition coefficient (Wildman–Crippen LogP) is 4.84. The van der Waals surface area contributed by atoms with Crippen molar-refractivity contribution in [2.45, 2.75) is 51.1 Å². The summed E-state index contributed by atoms with van der Waals surface area (Å²) >= 11 is 0. The lowest BCUT2D eigenvalue weighted by Gasteiger charge is -2.30. The number of hydrogen-bond acceptors (Lipinski definition) is 6. The maximum atomic E-state index is 15.9. The first-order valence-corrected chi connectivity index (χ1v) is 16.1. The van der Waals surface area contributed by atoms with Crippen LogP contribution in [0.5, 0.6) is 0 Å². The van der Waals surface area contributed by atoms with Crippen LogP contribution in [0.1, 0.15) is 46.8 Å². The van der Waals surface area contributed by atoms with Crippen molar-refractivity contribution in [1.29, 1.82) is 0 Å². The fourth-order valence-corrected chi connectivity index (χ4v) is 6.75. The van der Waals surface area contributed by atoms with Gasteiger partial charge in [0.2, 0.25) is 10.0 Å². The molecule has 1 saturated heterocycles. The number of sulfonamides is 1.